The first-order valence-corrected chi connectivity index (χ1v) is 9.14. The van der Waals surface area contributed by atoms with Crippen LogP contribution in [0.15, 0.2) is 58.9 Å². The summed E-state index contributed by atoms with van der Waals surface area (Å²) >= 11 is 7.81. The molecule has 3 nitrogen and oxygen atoms in total. The van der Waals surface area contributed by atoms with Crippen LogP contribution in [0.4, 0.5) is 11.4 Å². The number of rotatable bonds is 2. The van der Waals surface area contributed by atoms with Crippen molar-refractivity contribution in [3.8, 4) is 0 Å². The Morgan fingerprint density at radius 1 is 1.25 bits per heavy atom. The van der Waals surface area contributed by atoms with E-state index in [1.165, 1.54) is 0 Å². The van der Waals surface area contributed by atoms with Gasteiger partial charge < -0.3 is 0 Å². The molecule has 5 heteroatoms. The van der Waals surface area contributed by atoms with Gasteiger partial charge in [-0.05, 0) is 42.2 Å². The number of hydrogen-bond acceptors (Lipinski definition) is 3. The number of nitrogens with zero attached hydrogens (tertiary/aromatic N) is 2. The van der Waals surface area contributed by atoms with Gasteiger partial charge in [-0.3, -0.25) is 9.69 Å². The minimum atomic E-state index is -0.0408. The average molecular weight is 355 g/mol. The van der Waals surface area contributed by atoms with E-state index >= 15 is 0 Å². The Labute approximate surface area is 150 Å². The number of carbonyl (C=O) groups is 1. The molecule has 0 bridgehead atoms. The normalized spacial score (nSPS) is 20.9. The summed E-state index contributed by atoms with van der Waals surface area (Å²) in [4.78, 5) is 19.5. The van der Waals surface area contributed by atoms with Crippen molar-refractivity contribution in [2.75, 3.05) is 10.7 Å². The third-order valence-corrected chi connectivity index (χ3v) is 5.53. The van der Waals surface area contributed by atoms with Crippen molar-refractivity contribution < 1.29 is 4.79 Å². The molecule has 1 amide bonds. The summed E-state index contributed by atoms with van der Waals surface area (Å²) in [5, 5.41) is 2.75. The van der Waals surface area contributed by atoms with E-state index in [9.17, 15) is 4.79 Å². The number of benzene rings is 2. The minimum Gasteiger partial charge on any atom is -0.299 e. The maximum Gasteiger partial charge on any atom is 0.278 e. The van der Waals surface area contributed by atoms with Crippen molar-refractivity contribution >= 4 is 46.4 Å². The van der Waals surface area contributed by atoms with Gasteiger partial charge in [0.25, 0.3) is 5.91 Å². The van der Waals surface area contributed by atoms with Gasteiger partial charge in [-0.15, -0.1) is 11.8 Å². The Morgan fingerprint density at radius 2 is 2.08 bits per heavy atom. The van der Waals surface area contributed by atoms with Gasteiger partial charge >= 0.3 is 0 Å². The third kappa shape index (κ3) is 2.56. The predicted molar refractivity (Wildman–Crippen MR) is 102 cm³/mol. The number of thioether (sulfide) groups is 1. The van der Waals surface area contributed by atoms with Crippen LogP contribution in [0.2, 0.25) is 5.02 Å². The Balaban J connectivity index is 1.81. The van der Waals surface area contributed by atoms with Gasteiger partial charge in [0.15, 0.2) is 0 Å². The highest BCUT2D eigenvalue weighted by Crippen LogP contribution is 2.35. The SMILES string of the molecule is Cc1cc(/N=C2\C(=O)N(C3C=CSC3)c3ccccc32)ccc1Cl. The zero-order chi connectivity index (χ0) is 16.7. The van der Waals surface area contributed by atoms with E-state index in [4.69, 9.17) is 11.6 Å². The quantitative estimate of drug-likeness (QED) is 0.780. The predicted octanol–water partition coefficient (Wildman–Crippen LogP) is 4.74. The lowest BCUT2D eigenvalue weighted by Crippen LogP contribution is -2.39. The van der Waals surface area contributed by atoms with E-state index in [2.05, 4.69) is 16.5 Å². The number of aryl methyl sites for hydroxylation is 1. The third-order valence-electron chi connectivity index (χ3n) is 4.22. The zero-order valence-corrected chi connectivity index (χ0v) is 14.6. The van der Waals surface area contributed by atoms with Crippen LogP contribution < -0.4 is 4.90 Å². The van der Waals surface area contributed by atoms with Gasteiger partial charge in [-0.1, -0.05) is 35.9 Å². The van der Waals surface area contributed by atoms with E-state index in [0.717, 1.165) is 28.3 Å². The topological polar surface area (TPSA) is 32.7 Å². The number of hydrogen-bond donors (Lipinski definition) is 0. The van der Waals surface area contributed by atoms with Crippen LogP contribution in [0, 0.1) is 6.92 Å². The molecule has 0 fully saturated rings. The molecule has 2 aromatic carbocycles. The van der Waals surface area contributed by atoms with Crippen LogP contribution in [-0.2, 0) is 4.79 Å². The van der Waals surface area contributed by atoms with Crippen molar-refractivity contribution in [1.29, 1.82) is 0 Å². The van der Waals surface area contributed by atoms with Gasteiger partial charge in [0.2, 0.25) is 0 Å². The Morgan fingerprint density at radius 3 is 2.83 bits per heavy atom. The second kappa shape index (κ2) is 6.11. The highest BCUT2D eigenvalue weighted by molar-refractivity contribution is 8.02. The van der Waals surface area contributed by atoms with E-state index in [1.54, 1.807) is 11.8 Å². The van der Waals surface area contributed by atoms with E-state index in [-0.39, 0.29) is 11.9 Å². The molecule has 1 atom stereocenters. The molecule has 0 saturated heterocycles. The molecular formula is C19H15ClN2OS. The Hall–Kier alpha value is -2.04. The minimum absolute atomic E-state index is 0.0408. The molecule has 0 aliphatic carbocycles. The molecule has 120 valence electrons. The number of amides is 1. The van der Waals surface area contributed by atoms with Gasteiger partial charge in [0.1, 0.15) is 5.71 Å². The van der Waals surface area contributed by atoms with E-state index in [1.807, 2.05) is 54.3 Å². The van der Waals surface area contributed by atoms with E-state index < -0.39 is 0 Å². The number of carbonyl (C=O) groups excluding carboxylic acids is 1. The molecule has 0 spiro atoms. The van der Waals surface area contributed by atoms with Crippen molar-refractivity contribution in [1.82, 2.24) is 0 Å². The summed E-state index contributed by atoms with van der Waals surface area (Å²) in [6.45, 7) is 1.93. The fourth-order valence-corrected chi connectivity index (χ4v) is 3.98. The number of anilines is 1. The maximum atomic E-state index is 13.0. The van der Waals surface area contributed by atoms with Crippen LogP contribution >= 0.6 is 23.4 Å². The fourth-order valence-electron chi connectivity index (χ4n) is 3.00. The van der Waals surface area contributed by atoms with Crippen molar-refractivity contribution in [2.24, 2.45) is 4.99 Å². The summed E-state index contributed by atoms with van der Waals surface area (Å²) in [7, 11) is 0. The monoisotopic (exact) mass is 354 g/mol. The second-order valence-electron chi connectivity index (χ2n) is 5.82. The Kier molecular flexibility index (Phi) is 3.94. The number of fused-ring (bicyclic) bond motifs is 1. The summed E-state index contributed by atoms with van der Waals surface area (Å²) in [6.07, 6.45) is 2.08. The average Bonchev–Trinajstić information content (AvgIpc) is 3.18. The summed E-state index contributed by atoms with van der Waals surface area (Å²) in [5.41, 5.74) is 4.01. The first-order valence-electron chi connectivity index (χ1n) is 7.71. The molecule has 0 N–H and O–H groups in total. The summed E-state index contributed by atoms with van der Waals surface area (Å²) < 4.78 is 0. The van der Waals surface area contributed by atoms with E-state index in [0.29, 0.717) is 10.7 Å². The van der Waals surface area contributed by atoms with Gasteiger partial charge in [0, 0.05) is 16.3 Å². The van der Waals surface area contributed by atoms with Crippen LogP contribution in [0.5, 0.6) is 0 Å². The number of aliphatic imine (C=N–C) groups is 1. The lowest BCUT2D eigenvalue weighted by molar-refractivity contribution is -0.112. The largest absolute Gasteiger partial charge is 0.299 e. The molecule has 0 radical (unpaired) electrons. The second-order valence-corrected chi connectivity index (χ2v) is 7.16. The Bertz CT molecular complexity index is 891. The molecule has 0 aromatic heterocycles. The van der Waals surface area contributed by atoms with Crippen LogP contribution in [-0.4, -0.2) is 23.4 Å². The summed E-state index contributed by atoms with van der Waals surface area (Å²) in [5.74, 6) is 0.842. The summed E-state index contributed by atoms with van der Waals surface area (Å²) in [6, 6.07) is 13.5. The number of para-hydroxylation sites is 1. The van der Waals surface area contributed by atoms with Crippen LogP contribution in [0.1, 0.15) is 11.1 Å². The first kappa shape index (κ1) is 15.5. The molecule has 2 aliphatic rings. The molecule has 0 saturated carbocycles. The molecule has 1 unspecified atom stereocenters. The van der Waals surface area contributed by atoms with Gasteiger partial charge in [-0.2, -0.15) is 0 Å². The van der Waals surface area contributed by atoms with Crippen molar-refractivity contribution in [3.05, 3.63) is 70.1 Å². The molecule has 4 rings (SSSR count). The lowest BCUT2D eigenvalue weighted by atomic mass is 10.1. The molecule has 2 aliphatic heterocycles. The highest BCUT2D eigenvalue weighted by atomic mass is 35.5. The van der Waals surface area contributed by atoms with Crippen LogP contribution in [0.25, 0.3) is 0 Å². The molecule has 2 heterocycles. The van der Waals surface area contributed by atoms with Crippen LogP contribution in [0.3, 0.4) is 0 Å². The highest BCUT2D eigenvalue weighted by Gasteiger charge is 2.37. The standard InChI is InChI=1S/C19H15ClN2OS/c1-12-10-13(6-7-16(12)20)21-18-15-4-2-3-5-17(15)22(19(18)23)14-8-9-24-11-14/h2-10,14H,11H2,1H3/b21-18-. The van der Waals surface area contributed by atoms with Gasteiger partial charge in [0.05, 0.1) is 17.4 Å². The fraction of sp³-hybridized carbons (Fsp3) is 0.158. The molecular weight excluding hydrogens is 340 g/mol. The van der Waals surface area contributed by atoms with Gasteiger partial charge in [-0.25, -0.2) is 4.99 Å². The molecule has 2 aromatic rings. The smallest absolute Gasteiger partial charge is 0.278 e. The zero-order valence-electron chi connectivity index (χ0n) is 13.1. The number of halogens is 1. The van der Waals surface area contributed by atoms with Crippen molar-refractivity contribution in [3.63, 3.8) is 0 Å². The maximum absolute atomic E-state index is 13.0. The van der Waals surface area contributed by atoms with Crippen molar-refractivity contribution in [2.45, 2.75) is 13.0 Å². The lowest BCUT2D eigenvalue weighted by Gasteiger charge is -2.22. The molecule has 24 heavy (non-hydrogen) atoms. The first-order chi connectivity index (χ1) is 11.6.